The molecule has 7 nitrogen and oxygen atoms in total. The van der Waals surface area contributed by atoms with E-state index >= 15 is 0 Å². The molecule has 1 fully saturated rings. The van der Waals surface area contributed by atoms with Crippen LogP contribution < -0.4 is 10.6 Å². The number of rotatable bonds is 6. The maximum Gasteiger partial charge on any atom is 0.326 e. The van der Waals surface area contributed by atoms with E-state index < -0.39 is 18.0 Å². The van der Waals surface area contributed by atoms with Crippen molar-refractivity contribution in [2.45, 2.75) is 32.4 Å². The Morgan fingerprint density at radius 1 is 1.37 bits per heavy atom. The van der Waals surface area contributed by atoms with E-state index in [2.05, 4.69) is 10.6 Å². The summed E-state index contributed by atoms with van der Waals surface area (Å²) in [4.78, 5) is 22.6. The van der Waals surface area contributed by atoms with Gasteiger partial charge in [0, 0.05) is 6.54 Å². The van der Waals surface area contributed by atoms with E-state index in [0.29, 0.717) is 32.8 Å². The van der Waals surface area contributed by atoms with Crippen LogP contribution in [0.15, 0.2) is 0 Å². The van der Waals surface area contributed by atoms with Crippen molar-refractivity contribution in [3.8, 4) is 0 Å². The number of aliphatic carboxylic acids is 1. The van der Waals surface area contributed by atoms with Gasteiger partial charge in [0.25, 0.3) is 0 Å². The molecule has 110 valence electrons. The summed E-state index contributed by atoms with van der Waals surface area (Å²) in [5, 5.41) is 14.0. The van der Waals surface area contributed by atoms with Crippen LogP contribution in [-0.4, -0.2) is 55.6 Å². The molecule has 2 amide bonds. The molecule has 1 rings (SSSR count). The van der Waals surface area contributed by atoms with Crippen molar-refractivity contribution < 1.29 is 24.2 Å². The Hall–Kier alpha value is -1.34. The molecule has 19 heavy (non-hydrogen) atoms. The smallest absolute Gasteiger partial charge is 0.326 e. The number of nitrogens with one attached hydrogen (secondary N) is 2. The molecule has 0 aliphatic carbocycles. The van der Waals surface area contributed by atoms with Gasteiger partial charge in [-0.25, -0.2) is 9.59 Å². The van der Waals surface area contributed by atoms with Crippen LogP contribution in [0.25, 0.3) is 0 Å². The van der Waals surface area contributed by atoms with Crippen molar-refractivity contribution in [1.29, 1.82) is 0 Å². The number of carboxylic acid groups (broad SMARTS) is 1. The van der Waals surface area contributed by atoms with E-state index in [-0.39, 0.29) is 12.0 Å². The van der Waals surface area contributed by atoms with Crippen LogP contribution in [0.4, 0.5) is 4.79 Å². The third kappa shape index (κ3) is 6.40. The van der Waals surface area contributed by atoms with Gasteiger partial charge < -0.3 is 25.2 Å². The highest BCUT2D eigenvalue weighted by atomic mass is 16.6. The van der Waals surface area contributed by atoms with Crippen molar-refractivity contribution in [1.82, 2.24) is 10.6 Å². The van der Waals surface area contributed by atoms with Crippen LogP contribution in [0.3, 0.4) is 0 Å². The average molecular weight is 274 g/mol. The Kier molecular flexibility index (Phi) is 6.58. The van der Waals surface area contributed by atoms with Crippen molar-refractivity contribution in [3.63, 3.8) is 0 Å². The summed E-state index contributed by atoms with van der Waals surface area (Å²) >= 11 is 0. The molecule has 1 aliphatic rings. The van der Waals surface area contributed by atoms with Gasteiger partial charge in [-0.2, -0.15) is 0 Å². The van der Waals surface area contributed by atoms with Crippen molar-refractivity contribution >= 4 is 12.0 Å². The first kappa shape index (κ1) is 15.7. The number of carbonyl (C=O) groups is 2. The molecule has 0 spiro atoms. The molecular weight excluding hydrogens is 252 g/mol. The summed E-state index contributed by atoms with van der Waals surface area (Å²) in [6.07, 6.45) is 0.221. The first-order chi connectivity index (χ1) is 8.99. The Balaban J connectivity index is 2.29. The van der Waals surface area contributed by atoms with Gasteiger partial charge in [0.05, 0.1) is 25.9 Å². The Morgan fingerprint density at radius 2 is 2.11 bits per heavy atom. The fourth-order valence-corrected chi connectivity index (χ4v) is 1.76. The molecule has 1 heterocycles. The van der Waals surface area contributed by atoms with E-state index in [0.717, 1.165) is 0 Å². The zero-order valence-electron chi connectivity index (χ0n) is 11.3. The van der Waals surface area contributed by atoms with Crippen LogP contribution in [0.1, 0.15) is 20.3 Å². The minimum absolute atomic E-state index is 0.173. The average Bonchev–Trinajstić information content (AvgIpc) is 2.36. The summed E-state index contributed by atoms with van der Waals surface area (Å²) in [7, 11) is 0. The third-order valence-corrected chi connectivity index (χ3v) is 2.69. The largest absolute Gasteiger partial charge is 0.480 e. The van der Waals surface area contributed by atoms with Crippen molar-refractivity contribution in [2.75, 3.05) is 26.4 Å². The summed E-state index contributed by atoms with van der Waals surface area (Å²) in [5.41, 5.74) is 0. The lowest BCUT2D eigenvalue weighted by Crippen LogP contribution is -2.49. The van der Waals surface area contributed by atoms with Crippen LogP contribution in [0.2, 0.25) is 0 Å². The molecule has 2 atom stereocenters. The third-order valence-electron chi connectivity index (χ3n) is 2.69. The second-order valence-corrected chi connectivity index (χ2v) is 4.94. The van der Waals surface area contributed by atoms with Gasteiger partial charge in [-0.15, -0.1) is 0 Å². The van der Waals surface area contributed by atoms with Gasteiger partial charge in [-0.1, -0.05) is 13.8 Å². The van der Waals surface area contributed by atoms with E-state index in [1.807, 2.05) is 13.8 Å². The van der Waals surface area contributed by atoms with Gasteiger partial charge in [0.2, 0.25) is 0 Å². The molecule has 3 N–H and O–H groups in total. The van der Waals surface area contributed by atoms with Gasteiger partial charge >= 0.3 is 12.0 Å². The maximum absolute atomic E-state index is 11.6. The van der Waals surface area contributed by atoms with Crippen LogP contribution in [0.5, 0.6) is 0 Å². The molecule has 0 aromatic heterocycles. The molecule has 0 saturated carbocycles. The normalized spacial score (nSPS) is 20.9. The van der Waals surface area contributed by atoms with Gasteiger partial charge in [-0.05, 0) is 12.3 Å². The predicted molar refractivity (Wildman–Crippen MR) is 68.0 cm³/mol. The lowest BCUT2D eigenvalue weighted by Gasteiger charge is -2.23. The number of ether oxygens (including phenoxy) is 2. The van der Waals surface area contributed by atoms with Gasteiger partial charge in [-0.3, -0.25) is 0 Å². The Labute approximate surface area is 112 Å². The molecule has 0 aromatic rings. The lowest BCUT2D eigenvalue weighted by molar-refractivity contribution is -0.139. The first-order valence-corrected chi connectivity index (χ1v) is 6.45. The number of carboxylic acids is 1. The van der Waals surface area contributed by atoms with Crippen LogP contribution in [0, 0.1) is 5.92 Å². The minimum Gasteiger partial charge on any atom is -0.480 e. The van der Waals surface area contributed by atoms with Crippen LogP contribution >= 0.6 is 0 Å². The topological polar surface area (TPSA) is 96.9 Å². The number of hydrogen-bond acceptors (Lipinski definition) is 4. The number of hydrogen-bond donors (Lipinski definition) is 3. The monoisotopic (exact) mass is 274 g/mol. The number of urea groups is 1. The van der Waals surface area contributed by atoms with E-state index in [4.69, 9.17) is 14.6 Å². The Bertz CT molecular complexity index is 302. The lowest BCUT2D eigenvalue weighted by atomic mass is 10.0. The van der Waals surface area contributed by atoms with Crippen molar-refractivity contribution in [3.05, 3.63) is 0 Å². The SMILES string of the molecule is CC(C)C[C@@H](NC(=O)NCC1COCCO1)C(=O)O. The summed E-state index contributed by atoms with van der Waals surface area (Å²) in [6.45, 7) is 5.64. The number of carbonyl (C=O) groups excluding carboxylic acids is 1. The van der Waals surface area contributed by atoms with Gasteiger partial charge in [0.1, 0.15) is 6.04 Å². The second kappa shape index (κ2) is 7.96. The second-order valence-electron chi connectivity index (χ2n) is 4.94. The minimum atomic E-state index is -1.03. The molecule has 0 aromatic carbocycles. The highest BCUT2D eigenvalue weighted by Gasteiger charge is 2.22. The molecular formula is C12H22N2O5. The van der Waals surface area contributed by atoms with Gasteiger partial charge in [0.15, 0.2) is 0 Å². The maximum atomic E-state index is 11.6. The number of amides is 2. The standard InChI is InChI=1S/C12H22N2O5/c1-8(2)5-10(11(15)16)14-12(17)13-6-9-7-18-3-4-19-9/h8-10H,3-7H2,1-2H3,(H,15,16)(H2,13,14,17)/t9?,10-/m1/s1. The summed E-state index contributed by atoms with van der Waals surface area (Å²) in [6, 6.07) is -1.37. The Morgan fingerprint density at radius 3 is 2.63 bits per heavy atom. The quantitative estimate of drug-likeness (QED) is 0.643. The summed E-state index contributed by atoms with van der Waals surface area (Å²) in [5.74, 6) is -0.836. The zero-order chi connectivity index (χ0) is 14.3. The first-order valence-electron chi connectivity index (χ1n) is 6.45. The molecule has 1 unspecified atom stereocenters. The molecule has 7 heteroatoms. The van der Waals surface area contributed by atoms with Crippen LogP contribution in [-0.2, 0) is 14.3 Å². The molecule has 1 aliphatic heterocycles. The molecule has 1 saturated heterocycles. The highest BCUT2D eigenvalue weighted by molar-refractivity contribution is 5.82. The van der Waals surface area contributed by atoms with E-state index in [1.54, 1.807) is 0 Å². The van der Waals surface area contributed by atoms with E-state index in [1.165, 1.54) is 0 Å². The fraction of sp³-hybridized carbons (Fsp3) is 0.833. The highest BCUT2D eigenvalue weighted by Crippen LogP contribution is 2.05. The van der Waals surface area contributed by atoms with E-state index in [9.17, 15) is 9.59 Å². The molecule has 0 bridgehead atoms. The molecule has 0 radical (unpaired) electrons. The van der Waals surface area contributed by atoms with Crippen molar-refractivity contribution in [2.24, 2.45) is 5.92 Å². The fourth-order valence-electron chi connectivity index (χ4n) is 1.76. The zero-order valence-corrected chi connectivity index (χ0v) is 11.3. The summed E-state index contributed by atoms with van der Waals surface area (Å²) < 4.78 is 10.6. The predicted octanol–water partition coefficient (Wildman–Crippen LogP) is 0.200.